The lowest BCUT2D eigenvalue weighted by molar-refractivity contribution is 0.610. The second-order valence-electron chi connectivity index (χ2n) is 2.82. The van der Waals surface area contributed by atoms with Gasteiger partial charge in [0.25, 0.3) is 0 Å². The Labute approximate surface area is 71.6 Å². The highest BCUT2D eigenvalue weighted by molar-refractivity contribution is 7.80. The van der Waals surface area contributed by atoms with Crippen LogP contribution in [0.1, 0.15) is 6.42 Å². The summed E-state index contributed by atoms with van der Waals surface area (Å²) >= 11 is 5.10. The summed E-state index contributed by atoms with van der Waals surface area (Å²) < 4.78 is 0. The van der Waals surface area contributed by atoms with Crippen molar-refractivity contribution < 1.29 is 0 Å². The SMILES string of the molecule is CN1C(=S)NC2CC=CC=C21. The van der Waals surface area contributed by atoms with Crippen molar-refractivity contribution in [2.24, 2.45) is 0 Å². The first kappa shape index (κ1) is 6.85. The number of hydrogen-bond acceptors (Lipinski definition) is 1. The number of nitrogens with zero attached hydrogens (tertiary/aromatic N) is 1. The van der Waals surface area contributed by atoms with Crippen LogP contribution < -0.4 is 5.32 Å². The molecule has 0 bridgehead atoms. The van der Waals surface area contributed by atoms with Gasteiger partial charge in [0.1, 0.15) is 0 Å². The molecule has 0 aromatic rings. The van der Waals surface area contributed by atoms with Crippen LogP contribution >= 0.6 is 12.2 Å². The molecule has 0 saturated carbocycles. The van der Waals surface area contributed by atoms with Gasteiger partial charge in [0.05, 0.1) is 6.04 Å². The van der Waals surface area contributed by atoms with E-state index in [-0.39, 0.29) is 0 Å². The molecule has 1 atom stereocenters. The van der Waals surface area contributed by atoms with E-state index in [4.69, 9.17) is 12.2 Å². The molecule has 0 radical (unpaired) electrons. The highest BCUT2D eigenvalue weighted by Gasteiger charge is 2.28. The predicted molar refractivity (Wildman–Crippen MR) is 49.1 cm³/mol. The van der Waals surface area contributed by atoms with E-state index in [0.29, 0.717) is 6.04 Å². The first-order valence-electron chi connectivity index (χ1n) is 3.70. The van der Waals surface area contributed by atoms with Crippen LogP contribution in [0.25, 0.3) is 0 Å². The van der Waals surface area contributed by atoms with E-state index in [1.54, 1.807) is 0 Å². The molecule has 1 saturated heterocycles. The molecule has 0 amide bonds. The highest BCUT2D eigenvalue weighted by Crippen LogP contribution is 2.21. The van der Waals surface area contributed by atoms with E-state index in [2.05, 4.69) is 23.5 Å². The van der Waals surface area contributed by atoms with E-state index in [0.717, 1.165) is 11.5 Å². The van der Waals surface area contributed by atoms with Crippen molar-refractivity contribution in [3.63, 3.8) is 0 Å². The van der Waals surface area contributed by atoms with E-state index >= 15 is 0 Å². The molecule has 2 nitrogen and oxygen atoms in total. The van der Waals surface area contributed by atoms with Crippen LogP contribution in [-0.2, 0) is 0 Å². The largest absolute Gasteiger partial charge is 0.354 e. The number of fused-ring (bicyclic) bond motifs is 1. The van der Waals surface area contributed by atoms with E-state index < -0.39 is 0 Å². The van der Waals surface area contributed by atoms with Crippen LogP contribution in [0.15, 0.2) is 23.9 Å². The minimum Gasteiger partial charge on any atom is -0.354 e. The molecule has 1 aliphatic heterocycles. The van der Waals surface area contributed by atoms with Crippen molar-refractivity contribution in [3.8, 4) is 0 Å². The van der Waals surface area contributed by atoms with Gasteiger partial charge in [0.15, 0.2) is 5.11 Å². The Balaban J connectivity index is 2.32. The van der Waals surface area contributed by atoms with Gasteiger partial charge >= 0.3 is 0 Å². The van der Waals surface area contributed by atoms with Gasteiger partial charge in [0, 0.05) is 12.7 Å². The van der Waals surface area contributed by atoms with Crippen LogP contribution in [-0.4, -0.2) is 23.1 Å². The minimum atomic E-state index is 0.428. The van der Waals surface area contributed by atoms with Gasteiger partial charge < -0.3 is 10.2 Å². The van der Waals surface area contributed by atoms with Gasteiger partial charge in [-0.15, -0.1) is 0 Å². The smallest absolute Gasteiger partial charge is 0.173 e. The Hall–Kier alpha value is -0.830. The van der Waals surface area contributed by atoms with Crippen molar-refractivity contribution in [1.29, 1.82) is 0 Å². The molecule has 1 heterocycles. The van der Waals surface area contributed by atoms with Crippen LogP contribution in [0, 0.1) is 0 Å². The zero-order valence-electron chi connectivity index (χ0n) is 6.37. The van der Waals surface area contributed by atoms with Gasteiger partial charge in [0.2, 0.25) is 0 Å². The van der Waals surface area contributed by atoms with Crippen molar-refractivity contribution >= 4 is 17.3 Å². The molecule has 2 aliphatic rings. The number of nitrogens with one attached hydrogen (secondary N) is 1. The number of likely N-dealkylation sites (N-methyl/N-ethyl adjacent to an activating group) is 1. The number of allylic oxidation sites excluding steroid dienone is 2. The van der Waals surface area contributed by atoms with Crippen LogP contribution in [0.4, 0.5) is 0 Å². The number of hydrogen-bond donors (Lipinski definition) is 1. The third kappa shape index (κ3) is 0.959. The predicted octanol–water partition coefficient (Wildman–Crippen LogP) is 1.02. The standard InChI is InChI=1S/C8H10N2S/c1-10-7-5-3-2-4-6(7)9-8(10)11/h2-3,5-6H,4H2,1H3,(H,9,11). The summed E-state index contributed by atoms with van der Waals surface area (Å²) in [6, 6.07) is 0.428. The topological polar surface area (TPSA) is 15.3 Å². The van der Waals surface area contributed by atoms with Crippen LogP contribution in [0.2, 0.25) is 0 Å². The Kier molecular flexibility index (Phi) is 1.46. The van der Waals surface area contributed by atoms with Crippen LogP contribution in [0.5, 0.6) is 0 Å². The second-order valence-corrected chi connectivity index (χ2v) is 3.20. The Bertz CT molecular complexity index is 255. The van der Waals surface area contributed by atoms with E-state index in [9.17, 15) is 0 Å². The molecular weight excluding hydrogens is 156 g/mol. The average Bonchev–Trinajstić information content (AvgIpc) is 2.30. The van der Waals surface area contributed by atoms with Crippen molar-refractivity contribution in [1.82, 2.24) is 10.2 Å². The summed E-state index contributed by atoms with van der Waals surface area (Å²) in [6.07, 6.45) is 7.40. The van der Waals surface area contributed by atoms with Crippen molar-refractivity contribution in [2.45, 2.75) is 12.5 Å². The van der Waals surface area contributed by atoms with E-state index in [1.165, 1.54) is 5.70 Å². The Morgan fingerprint density at radius 2 is 2.55 bits per heavy atom. The maximum absolute atomic E-state index is 5.10. The fourth-order valence-electron chi connectivity index (χ4n) is 1.46. The maximum atomic E-state index is 5.10. The van der Waals surface area contributed by atoms with Crippen molar-refractivity contribution in [3.05, 3.63) is 23.9 Å². The molecule has 3 heteroatoms. The van der Waals surface area contributed by atoms with Crippen LogP contribution in [0.3, 0.4) is 0 Å². The third-order valence-corrected chi connectivity index (χ3v) is 2.51. The maximum Gasteiger partial charge on any atom is 0.173 e. The normalized spacial score (nSPS) is 28.1. The van der Waals surface area contributed by atoms with Gasteiger partial charge in [-0.3, -0.25) is 0 Å². The summed E-state index contributed by atoms with van der Waals surface area (Å²) in [5, 5.41) is 4.08. The monoisotopic (exact) mass is 166 g/mol. The van der Waals surface area contributed by atoms with E-state index in [1.807, 2.05) is 11.9 Å². The lowest BCUT2D eigenvalue weighted by atomic mass is 10.1. The number of rotatable bonds is 0. The molecule has 11 heavy (non-hydrogen) atoms. The molecule has 0 aromatic heterocycles. The summed E-state index contributed by atoms with van der Waals surface area (Å²) in [4.78, 5) is 2.03. The zero-order chi connectivity index (χ0) is 7.84. The first-order chi connectivity index (χ1) is 5.29. The first-order valence-corrected chi connectivity index (χ1v) is 4.11. The highest BCUT2D eigenvalue weighted by atomic mass is 32.1. The molecule has 2 rings (SSSR count). The number of thiocarbonyl (C=S) groups is 1. The fourth-order valence-corrected chi connectivity index (χ4v) is 1.71. The summed E-state index contributed by atoms with van der Waals surface area (Å²) in [6.45, 7) is 0. The molecule has 1 aliphatic carbocycles. The average molecular weight is 166 g/mol. The molecule has 1 unspecified atom stereocenters. The molecule has 58 valence electrons. The van der Waals surface area contributed by atoms with Gasteiger partial charge in [-0.1, -0.05) is 12.2 Å². The van der Waals surface area contributed by atoms with Gasteiger partial charge in [-0.2, -0.15) is 0 Å². The fraction of sp³-hybridized carbons (Fsp3) is 0.375. The molecule has 0 aromatic carbocycles. The van der Waals surface area contributed by atoms with Crippen molar-refractivity contribution in [2.75, 3.05) is 7.05 Å². The lowest BCUT2D eigenvalue weighted by Crippen LogP contribution is -2.26. The zero-order valence-corrected chi connectivity index (χ0v) is 7.19. The molecular formula is C8H10N2S. The molecule has 0 spiro atoms. The summed E-state index contributed by atoms with van der Waals surface area (Å²) in [7, 11) is 2.00. The molecule has 1 fully saturated rings. The minimum absolute atomic E-state index is 0.428. The quantitative estimate of drug-likeness (QED) is 0.541. The summed E-state index contributed by atoms with van der Waals surface area (Å²) in [5.41, 5.74) is 1.29. The Morgan fingerprint density at radius 3 is 3.27 bits per heavy atom. The lowest BCUT2D eigenvalue weighted by Gasteiger charge is -2.15. The molecule has 1 N–H and O–H groups in total. The van der Waals surface area contributed by atoms with Gasteiger partial charge in [-0.25, -0.2) is 0 Å². The second kappa shape index (κ2) is 2.34. The Morgan fingerprint density at radius 1 is 1.73 bits per heavy atom. The summed E-state index contributed by atoms with van der Waals surface area (Å²) in [5.74, 6) is 0. The van der Waals surface area contributed by atoms with Gasteiger partial charge in [-0.05, 0) is 24.7 Å². The third-order valence-electron chi connectivity index (χ3n) is 2.12.